The van der Waals surface area contributed by atoms with Crippen LogP contribution in [0.2, 0.25) is 0 Å². The summed E-state index contributed by atoms with van der Waals surface area (Å²) in [5.74, 6) is 1.70. The molecular formula is C14H26IN3S. The van der Waals surface area contributed by atoms with Gasteiger partial charge in [0.05, 0.1) is 6.54 Å². The van der Waals surface area contributed by atoms with Gasteiger partial charge in [0.1, 0.15) is 0 Å². The summed E-state index contributed by atoms with van der Waals surface area (Å²) in [6.45, 7) is 9.26. The van der Waals surface area contributed by atoms with E-state index in [2.05, 4.69) is 53.2 Å². The van der Waals surface area contributed by atoms with E-state index in [-0.39, 0.29) is 24.0 Å². The van der Waals surface area contributed by atoms with Crippen LogP contribution in [0.15, 0.2) is 21.8 Å². The maximum Gasteiger partial charge on any atom is 0.191 e. The second-order valence-electron chi connectivity index (χ2n) is 4.79. The number of guanidine groups is 1. The van der Waals surface area contributed by atoms with E-state index in [9.17, 15) is 0 Å². The maximum absolute atomic E-state index is 4.57. The van der Waals surface area contributed by atoms with Crippen LogP contribution >= 0.6 is 35.3 Å². The molecule has 0 aliphatic rings. The number of nitrogens with one attached hydrogen (secondary N) is 2. The second kappa shape index (κ2) is 11.5. The van der Waals surface area contributed by atoms with Crippen LogP contribution in [0.5, 0.6) is 0 Å². The summed E-state index contributed by atoms with van der Waals surface area (Å²) < 4.78 is 0. The van der Waals surface area contributed by atoms with Crippen LogP contribution in [0, 0.1) is 5.92 Å². The molecular weight excluding hydrogens is 369 g/mol. The molecule has 0 bridgehead atoms. The lowest BCUT2D eigenvalue weighted by Gasteiger charge is -2.11. The van der Waals surface area contributed by atoms with Crippen LogP contribution in [0.25, 0.3) is 0 Å². The number of aliphatic imine (C=N–C) groups is 1. The summed E-state index contributed by atoms with van der Waals surface area (Å²) in [5, 5.41) is 10.9. The van der Waals surface area contributed by atoms with Gasteiger partial charge in [-0.1, -0.05) is 13.8 Å². The average Bonchev–Trinajstić information content (AvgIpc) is 2.84. The van der Waals surface area contributed by atoms with Gasteiger partial charge in [-0.3, -0.25) is 0 Å². The molecule has 0 saturated heterocycles. The number of halogens is 1. The fourth-order valence-electron chi connectivity index (χ4n) is 1.61. The van der Waals surface area contributed by atoms with Gasteiger partial charge in [0.15, 0.2) is 5.96 Å². The van der Waals surface area contributed by atoms with E-state index < -0.39 is 0 Å². The van der Waals surface area contributed by atoms with Crippen molar-refractivity contribution in [3.8, 4) is 0 Å². The lowest BCUT2D eigenvalue weighted by atomic mass is 10.1. The van der Waals surface area contributed by atoms with E-state index in [1.807, 2.05) is 0 Å². The number of hydrogen-bond acceptors (Lipinski definition) is 2. The van der Waals surface area contributed by atoms with Crippen molar-refractivity contribution in [1.82, 2.24) is 10.6 Å². The highest BCUT2D eigenvalue weighted by molar-refractivity contribution is 14.0. The lowest BCUT2D eigenvalue weighted by Crippen LogP contribution is -2.37. The minimum atomic E-state index is 0. The van der Waals surface area contributed by atoms with Crippen molar-refractivity contribution >= 4 is 41.3 Å². The zero-order chi connectivity index (χ0) is 13.2. The molecule has 0 unspecified atom stereocenters. The highest BCUT2D eigenvalue weighted by Gasteiger charge is 1.98. The van der Waals surface area contributed by atoms with Crippen molar-refractivity contribution in [2.45, 2.75) is 40.2 Å². The summed E-state index contributed by atoms with van der Waals surface area (Å²) in [6.07, 6.45) is 2.46. The normalized spacial score (nSPS) is 11.3. The van der Waals surface area contributed by atoms with E-state index in [0.717, 1.165) is 31.5 Å². The van der Waals surface area contributed by atoms with E-state index in [1.165, 1.54) is 18.4 Å². The summed E-state index contributed by atoms with van der Waals surface area (Å²) in [7, 11) is 0. The Bertz CT molecular complexity index is 336. The summed E-state index contributed by atoms with van der Waals surface area (Å²) in [4.78, 5) is 4.57. The summed E-state index contributed by atoms with van der Waals surface area (Å²) in [5.41, 5.74) is 1.28. The van der Waals surface area contributed by atoms with Crippen LogP contribution in [0.4, 0.5) is 0 Å². The first-order chi connectivity index (χ1) is 8.72. The topological polar surface area (TPSA) is 36.4 Å². The molecule has 110 valence electrons. The van der Waals surface area contributed by atoms with Crippen molar-refractivity contribution < 1.29 is 0 Å². The molecule has 0 atom stereocenters. The third-order valence-corrected chi connectivity index (χ3v) is 3.33. The molecule has 1 aromatic heterocycles. The third-order valence-electron chi connectivity index (χ3n) is 2.59. The van der Waals surface area contributed by atoms with E-state index >= 15 is 0 Å². The minimum absolute atomic E-state index is 0. The zero-order valence-electron chi connectivity index (χ0n) is 12.1. The molecule has 0 aliphatic heterocycles. The van der Waals surface area contributed by atoms with Gasteiger partial charge in [-0.15, -0.1) is 24.0 Å². The first kappa shape index (κ1) is 18.7. The monoisotopic (exact) mass is 395 g/mol. The van der Waals surface area contributed by atoms with Gasteiger partial charge >= 0.3 is 0 Å². The van der Waals surface area contributed by atoms with Crippen LogP contribution in [-0.4, -0.2) is 19.0 Å². The zero-order valence-corrected chi connectivity index (χ0v) is 15.3. The summed E-state index contributed by atoms with van der Waals surface area (Å²) >= 11 is 1.72. The Morgan fingerprint density at radius 1 is 1.37 bits per heavy atom. The molecule has 0 radical (unpaired) electrons. The van der Waals surface area contributed by atoms with Crippen molar-refractivity contribution in [3.05, 3.63) is 22.4 Å². The van der Waals surface area contributed by atoms with Crippen LogP contribution < -0.4 is 10.6 Å². The van der Waals surface area contributed by atoms with Gasteiger partial charge in [-0.05, 0) is 48.1 Å². The molecule has 0 aliphatic carbocycles. The van der Waals surface area contributed by atoms with Crippen LogP contribution in [-0.2, 0) is 6.54 Å². The number of rotatable bonds is 7. The molecule has 0 spiro atoms. The maximum atomic E-state index is 4.57. The molecule has 5 heteroatoms. The number of thiophene rings is 1. The van der Waals surface area contributed by atoms with E-state index in [0.29, 0.717) is 0 Å². The molecule has 19 heavy (non-hydrogen) atoms. The van der Waals surface area contributed by atoms with Crippen molar-refractivity contribution in [3.63, 3.8) is 0 Å². The van der Waals surface area contributed by atoms with E-state index in [4.69, 9.17) is 0 Å². The molecule has 1 heterocycles. The van der Waals surface area contributed by atoms with Gasteiger partial charge in [0.2, 0.25) is 0 Å². The van der Waals surface area contributed by atoms with Gasteiger partial charge in [-0.2, -0.15) is 11.3 Å². The second-order valence-corrected chi connectivity index (χ2v) is 5.57. The Morgan fingerprint density at radius 3 is 2.74 bits per heavy atom. The Morgan fingerprint density at radius 2 is 2.16 bits per heavy atom. The molecule has 0 saturated carbocycles. The summed E-state index contributed by atoms with van der Waals surface area (Å²) in [6, 6.07) is 2.12. The third kappa shape index (κ3) is 9.27. The van der Waals surface area contributed by atoms with Gasteiger partial charge < -0.3 is 10.6 Å². The Balaban J connectivity index is 0.00000324. The Labute approximate surface area is 138 Å². The minimum Gasteiger partial charge on any atom is -0.357 e. The fourth-order valence-corrected chi connectivity index (χ4v) is 2.27. The van der Waals surface area contributed by atoms with Gasteiger partial charge in [0.25, 0.3) is 0 Å². The molecule has 1 aromatic rings. The molecule has 0 fully saturated rings. The lowest BCUT2D eigenvalue weighted by molar-refractivity contribution is 0.549. The first-order valence-electron chi connectivity index (χ1n) is 6.75. The standard InChI is InChI=1S/C14H25N3S.HI/c1-4-15-14(16-8-5-6-12(2)3)17-10-13-7-9-18-11-13;/h7,9,11-12H,4-6,8,10H2,1-3H3,(H2,15,16,17);1H. The molecule has 2 N–H and O–H groups in total. The van der Waals surface area contributed by atoms with Crippen molar-refractivity contribution in [2.75, 3.05) is 13.1 Å². The Kier molecular flexibility index (Phi) is 11.3. The van der Waals surface area contributed by atoms with Crippen LogP contribution in [0.3, 0.4) is 0 Å². The molecule has 0 aromatic carbocycles. The van der Waals surface area contributed by atoms with Crippen LogP contribution in [0.1, 0.15) is 39.2 Å². The highest BCUT2D eigenvalue weighted by Crippen LogP contribution is 2.06. The average molecular weight is 395 g/mol. The van der Waals surface area contributed by atoms with Gasteiger partial charge in [-0.25, -0.2) is 4.99 Å². The molecule has 0 amide bonds. The van der Waals surface area contributed by atoms with E-state index in [1.54, 1.807) is 11.3 Å². The largest absolute Gasteiger partial charge is 0.357 e. The first-order valence-corrected chi connectivity index (χ1v) is 7.70. The highest BCUT2D eigenvalue weighted by atomic mass is 127. The Hall–Kier alpha value is -0.300. The molecule has 3 nitrogen and oxygen atoms in total. The van der Waals surface area contributed by atoms with Crippen molar-refractivity contribution in [1.29, 1.82) is 0 Å². The SMILES string of the molecule is CCNC(=NCc1ccsc1)NCCCC(C)C.I. The van der Waals surface area contributed by atoms with Crippen molar-refractivity contribution in [2.24, 2.45) is 10.9 Å². The van der Waals surface area contributed by atoms with Gasteiger partial charge in [0, 0.05) is 13.1 Å². The number of nitrogens with zero attached hydrogens (tertiary/aromatic N) is 1. The number of hydrogen-bond donors (Lipinski definition) is 2. The quantitative estimate of drug-likeness (QED) is 0.318. The predicted molar refractivity (Wildman–Crippen MR) is 96.6 cm³/mol. The smallest absolute Gasteiger partial charge is 0.191 e. The predicted octanol–water partition coefficient (Wildman–Crippen LogP) is 3.86. The fraction of sp³-hybridized carbons (Fsp3) is 0.643. The molecule has 1 rings (SSSR count).